The molecule has 1 N–H and O–H groups in total. The molecule has 0 aliphatic heterocycles. The maximum absolute atomic E-state index is 12.7. The molecule has 0 saturated heterocycles. The van der Waals surface area contributed by atoms with Crippen LogP contribution < -0.4 is 5.32 Å². The van der Waals surface area contributed by atoms with Crippen molar-refractivity contribution in [3.8, 4) is 0 Å². The molecule has 3 saturated carbocycles. The molecule has 4 aliphatic carbocycles. The number of hydrogen-bond donors (Lipinski definition) is 1. The monoisotopic (exact) mass is 329 g/mol. The molecule has 4 aliphatic rings. The minimum Gasteiger partial charge on any atom is -0.317 e. The van der Waals surface area contributed by atoms with Crippen LogP contribution in [0.4, 0.5) is 0 Å². The van der Waals surface area contributed by atoms with Crippen LogP contribution >= 0.6 is 0 Å². The molecule has 0 aromatic rings. The summed E-state index contributed by atoms with van der Waals surface area (Å²) in [7, 11) is 2.11. The van der Waals surface area contributed by atoms with E-state index in [0.717, 1.165) is 24.7 Å². The van der Waals surface area contributed by atoms with Crippen LogP contribution in [0.1, 0.15) is 72.1 Å². The molecule has 0 amide bonds. The molecule has 0 radical (unpaired) electrons. The van der Waals surface area contributed by atoms with E-state index < -0.39 is 0 Å². The molecule has 4 rings (SSSR count). The predicted molar refractivity (Wildman–Crippen MR) is 98.7 cm³/mol. The summed E-state index contributed by atoms with van der Waals surface area (Å²) < 4.78 is 0. The van der Waals surface area contributed by atoms with E-state index in [-0.39, 0.29) is 5.41 Å². The second kappa shape index (κ2) is 5.69. The lowest BCUT2D eigenvalue weighted by molar-refractivity contribution is -0.122. The molecule has 0 spiro atoms. The maximum Gasteiger partial charge on any atom is 0.136 e. The molecule has 3 fully saturated rings. The molecule has 7 unspecified atom stereocenters. The van der Waals surface area contributed by atoms with Gasteiger partial charge in [0.1, 0.15) is 5.78 Å². The first-order chi connectivity index (χ1) is 11.4. The molecule has 0 heterocycles. The third kappa shape index (κ3) is 2.14. The Morgan fingerprint density at radius 3 is 2.67 bits per heavy atom. The summed E-state index contributed by atoms with van der Waals surface area (Å²) in [6.07, 6.45) is 12.3. The molecule has 2 heteroatoms. The second-order valence-corrected chi connectivity index (χ2v) is 9.66. The summed E-state index contributed by atoms with van der Waals surface area (Å²) in [5.74, 6) is 3.12. The highest BCUT2D eigenvalue weighted by atomic mass is 16.1. The van der Waals surface area contributed by atoms with E-state index in [2.05, 4.69) is 39.2 Å². The molecule has 24 heavy (non-hydrogen) atoms. The fourth-order valence-electron chi connectivity index (χ4n) is 7.49. The fourth-order valence-corrected chi connectivity index (χ4v) is 7.49. The number of carbonyl (C=O) groups excluding carboxylic acids is 1. The number of carbonyl (C=O) groups is 1. The normalized spacial score (nSPS) is 50.8. The summed E-state index contributed by atoms with van der Waals surface area (Å²) in [4.78, 5) is 12.7. The first kappa shape index (κ1) is 16.8. The van der Waals surface area contributed by atoms with Gasteiger partial charge in [0.2, 0.25) is 0 Å². The van der Waals surface area contributed by atoms with E-state index in [1.165, 1.54) is 38.5 Å². The van der Waals surface area contributed by atoms with E-state index in [9.17, 15) is 4.79 Å². The van der Waals surface area contributed by atoms with Crippen molar-refractivity contribution in [2.75, 3.05) is 7.05 Å². The topological polar surface area (TPSA) is 29.1 Å². The van der Waals surface area contributed by atoms with Gasteiger partial charge >= 0.3 is 0 Å². The summed E-state index contributed by atoms with van der Waals surface area (Å²) >= 11 is 0. The molecule has 0 aromatic carbocycles. The van der Waals surface area contributed by atoms with Crippen molar-refractivity contribution in [2.45, 2.75) is 78.2 Å². The Hall–Kier alpha value is -0.630. The lowest BCUT2D eigenvalue weighted by Gasteiger charge is -2.58. The van der Waals surface area contributed by atoms with Crippen molar-refractivity contribution in [2.24, 2.45) is 34.5 Å². The van der Waals surface area contributed by atoms with Gasteiger partial charge in [-0.3, -0.25) is 4.79 Å². The van der Waals surface area contributed by atoms with Crippen LogP contribution in [0.15, 0.2) is 11.6 Å². The number of rotatable bonds is 2. The van der Waals surface area contributed by atoms with Crippen LogP contribution in [0.2, 0.25) is 0 Å². The zero-order valence-electron chi connectivity index (χ0n) is 16.0. The molecule has 2 nitrogen and oxygen atoms in total. The average Bonchev–Trinajstić information content (AvgIpc) is 2.83. The first-order valence-electron chi connectivity index (χ1n) is 10.3. The Morgan fingerprint density at radius 2 is 1.96 bits per heavy atom. The molecule has 0 aromatic heterocycles. The number of allylic oxidation sites excluding steroid dienone is 1. The van der Waals surface area contributed by atoms with Gasteiger partial charge in [0.15, 0.2) is 0 Å². The lowest BCUT2D eigenvalue weighted by atomic mass is 9.47. The molecular formula is C22H35NO. The van der Waals surface area contributed by atoms with Crippen LogP contribution in [-0.2, 0) is 4.79 Å². The minimum atomic E-state index is 0.289. The SMILES string of the molecule is CCC1C(=O)CC2C3CC=C4CC(NC)CCC4(C)C3CCC12C. The quantitative estimate of drug-likeness (QED) is 0.741. The summed E-state index contributed by atoms with van der Waals surface area (Å²) in [6, 6.07) is 0.673. The largest absolute Gasteiger partial charge is 0.317 e. The minimum absolute atomic E-state index is 0.289. The van der Waals surface area contributed by atoms with Gasteiger partial charge in [-0.2, -0.15) is 0 Å². The van der Waals surface area contributed by atoms with E-state index in [4.69, 9.17) is 0 Å². The van der Waals surface area contributed by atoms with Crippen molar-refractivity contribution in [1.82, 2.24) is 5.32 Å². The number of ketones is 1. The highest BCUT2D eigenvalue weighted by molar-refractivity contribution is 5.84. The van der Waals surface area contributed by atoms with Crippen molar-refractivity contribution >= 4 is 5.78 Å². The van der Waals surface area contributed by atoms with Crippen LogP contribution in [-0.4, -0.2) is 18.9 Å². The molecule has 134 valence electrons. The van der Waals surface area contributed by atoms with Gasteiger partial charge in [-0.1, -0.05) is 32.4 Å². The van der Waals surface area contributed by atoms with Gasteiger partial charge in [0.05, 0.1) is 0 Å². The Balaban J connectivity index is 1.65. The van der Waals surface area contributed by atoms with E-state index in [1.807, 2.05) is 0 Å². The predicted octanol–water partition coefficient (Wildman–Crippen LogP) is 4.74. The molecule has 7 atom stereocenters. The lowest BCUT2D eigenvalue weighted by Crippen LogP contribution is -2.51. The third-order valence-corrected chi connectivity index (χ3v) is 8.96. The van der Waals surface area contributed by atoms with Gasteiger partial charge < -0.3 is 5.32 Å². The Labute approximate surface area is 147 Å². The highest BCUT2D eigenvalue weighted by Crippen LogP contribution is 2.65. The zero-order valence-corrected chi connectivity index (χ0v) is 16.0. The van der Waals surface area contributed by atoms with Crippen molar-refractivity contribution in [3.05, 3.63) is 11.6 Å². The van der Waals surface area contributed by atoms with Crippen LogP contribution in [0.3, 0.4) is 0 Å². The second-order valence-electron chi connectivity index (χ2n) is 9.66. The molecular weight excluding hydrogens is 294 g/mol. The first-order valence-corrected chi connectivity index (χ1v) is 10.3. The summed E-state index contributed by atoms with van der Waals surface area (Å²) in [5, 5.41) is 3.50. The Morgan fingerprint density at radius 1 is 1.17 bits per heavy atom. The van der Waals surface area contributed by atoms with E-state index in [0.29, 0.717) is 29.1 Å². The van der Waals surface area contributed by atoms with Gasteiger partial charge in [-0.15, -0.1) is 0 Å². The Kier molecular flexibility index (Phi) is 3.99. The average molecular weight is 330 g/mol. The van der Waals surface area contributed by atoms with Gasteiger partial charge in [-0.05, 0) is 80.6 Å². The number of fused-ring (bicyclic) bond motifs is 5. The number of nitrogens with one attached hydrogen (secondary N) is 1. The number of Topliss-reactive ketones (excluding diaryl/α,β-unsaturated/α-hetero) is 1. The van der Waals surface area contributed by atoms with Crippen LogP contribution in [0, 0.1) is 34.5 Å². The standard InChI is InChI=1S/C22H35NO/c1-5-17-20(24)13-19-16-7-6-14-12-15(23-4)8-10-21(14,2)18(16)9-11-22(17,19)3/h6,15-19,23H,5,7-13H2,1-4H3. The van der Waals surface area contributed by atoms with Crippen molar-refractivity contribution in [3.63, 3.8) is 0 Å². The van der Waals surface area contributed by atoms with Gasteiger partial charge in [0, 0.05) is 18.4 Å². The van der Waals surface area contributed by atoms with Crippen LogP contribution in [0.25, 0.3) is 0 Å². The summed E-state index contributed by atoms with van der Waals surface area (Å²) in [6.45, 7) is 7.23. The Bertz CT molecular complexity index is 566. The smallest absolute Gasteiger partial charge is 0.136 e. The number of hydrogen-bond acceptors (Lipinski definition) is 2. The van der Waals surface area contributed by atoms with Crippen LogP contribution in [0.5, 0.6) is 0 Å². The van der Waals surface area contributed by atoms with E-state index >= 15 is 0 Å². The van der Waals surface area contributed by atoms with Gasteiger partial charge in [-0.25, -0.2) is 0 Å². The maximum atomic E-state index is 12.7. The zero-order chi connectivity index (χ0) is 17.1. The van der Waals surface area contributed by atoms with E-state index in [1.54, 1.807) is 5.57 Å². The fraction of sp³-hybridized carbons (Fsp3) is 0.864. The summed E-state index contributed by atoms with van der Waals surface area (Å²) in [5.41, 5.74) is 2.43. The molecule has 0 bridgehead atoms. The third-order valence-electron chi connectivity index (χ3n) is 8.96. The van der Waals surface area contributed by atoms with Crippen molar-refractivity contribution in [1.29, 1.82) is 0 Å². The van der Waals surface area contributed by atoms with Crippen molar-refractivity contribution < 1.29 is 4.79 Å². The van der Waals surface area contributed by atoms with Gasteiger partial charge in [0.25, 0.3) is 0 Å². The highest BCUT2D eigenvalue weighted by Gasteiger charge is 2.60.